The van der Waals surface area contributed by atoms with Crippen LogP contribution in [0.25, 0.3) is 0 Å². The van der Waals surface area contributed by atoms with E-state index >= 15 is 0 Å². The van der Waals surface area contributed by atoms with Gasteiger partial charge in [0, 0.05) is 5.69 Å². The smallest absolute Gasteiger partial charge is 0.271 e. The average Bonchev–Trinajstić information content (AvgIpc) is 3.21. The summed E-state index contributed by atoms with van der Waals surface area (Å²) in [7, 11) is -6.93. The summed E-state index contributed by atoms with van der Waals surface area (Å²) in [6, 6.07) is 9.11. The molecule has 1 heterocycles. The molecule has 1 aliphatic rings. The molecule has 3 rings (SSSR count). The molecular weight excluding hydrogens is 354 g/mol. The molecule has 5 nitrogen and oxygen atoms in total. The zero-order valence-electron chi connectivity index (χ0n) is 12.3. The van der Waals surface area contributed by atoms with Gasteiger partial charge in [0.1, 0.15) is 4.21 Å². The fraction of sp³-hybridized carbons (Fsp3) is 0.333. The van der Waals surface area contributed by atoms with E-state index in [9.17, 15) is 16.8 Å². The second kappa shape index (κ2) is 6.26. The molecule has 8 heteroatoms. The van der Waals surface area contributed by atoms with E-state index in [1.807, 2.05) is 0 Å². The molecule has 0 radical (unpaired) electrons. The standard InChI is InChI=1S/C15H17NO4S3/c17-22(18,13-4-1-2-5-13)14-9-7-12(8-10-14)16-23(19,20)15-6-3-11-21-15/h3,6-11,13,16H,1-2,4-5H2. The molecule has 1 fully saturated rings. The van der Waals surface area contributed by atoms with Gasteiger partial charge in [-0.1, -0.05) is 18.9 Å². The van der Waals surface area contributed by atoms with Crippen molar-refractivity contribution in [2.24, 2.45) is 0 Å². The topological polar surface area (TPSA) is 80.3 Å². The molecule has 0 spiro atoms. The number of sulfonamides is 1. The van der Waals surface area contributed by atoms with Crippen LogP contribution in [-0.2, 0) is 19.9 Å². The third kappa shape index (κ3) is 3.44. The summed E-state index contributed by atoms with van der Waals surface area (Å²) in [4.78, 5) is 0.253. The Bertz CT molecular complexity index is 863. The lowest BCUT2D eigenvalue weighted by Crippen LogP contribution is -2.18. The van der Waals surface area contributed by atoms with Crippen molar-refractivity contribution in [1.29, 1.82) is 0 Å². The Kier molecular flexibility index (Phi) is 4.48. The van der Waals surface area contributed by atoms with Crippen LogP contribution in [0.4, 0.5) is 5.69 Å². The summed E-state index contributed by atoms with van der Waals surface area (Å²) in [5.74, 6) is 0. The first-order valence-electron chi connectivity index (χ1n) is 7.30. The van der Waals surface area contributed by atoms with Crippen LogP contribution in [0.1, 0.15) is 25.7 Å². The van der Waals surface area contributed by atoms with E-state index < -0.39 is 19.9 Å². The monoisotopic (exact) mass is 371 g/mol. The Morgan fingerprint density at radius 2 is 1.61 bits per heavy atom. The maximum Gasteiger partial charge on any atom is 0.271 e. The number of hydrogen-bond acceptors (Lipinski definition) is 5. The van der Waals surface area contributed by atoms with Gasteiger partial charge in [-0.25, -0.2) is 16.8 Å². The number of hydrogen-bond donors (Lipinski definition) is 1. The molecule has 1 saturated carbocycles. The highest BCUT2D eigenvalue weighted by Gasteiger charge is 2.30. The van der Waals surface area contributed by atoms with Gasteiger partial charge in [0.05, 0.1) is 10.1 Å². The van der Waals surface area contributed by atoms with Crippen molar-refractivity contribution in [3.8, 4) is 0 Å². The highest BCUT2D eigenvalue weighted by atomic mass is 32.2. The minimum atomic E-state index is -3.61. The number of thiophene rings is 1. The van der Waals surface area contributed by atoms with Crippen LogP contribution >= 0.6 is 11.3 Å². The summed E-state index contributed by atoms with van der Waals surface area (Å²) >= 11 is 1.13. The Hall–Kier alpha value is -1.38. The van der Waals surface area contributed by atoms with Crippen molar-refractivity contribution in [2.75, 3.05) is 4.72 Å². The maximum absolute atomic E-state index is 12.5. The lowest BCUT2D eigenvalue weighted by atomic mass is 10.3. The minimum Gasteiger partial charge on any atom is -0.279 e. The van der Waals surface area contributed by atoms with E-state index in [0.717, 1.165) is 24.2 Å². The Morgan fingerprint density at radius 3 is 2.17 bits per heavy atom. The van der Waals surface area contributed by atoms with Crippen molar-refractivity contribution in [1.82, 2.24) is 0 Å². The van der Waals surface area contributed by atoms with Gasteiger partial charge < -0.3 is 0 Å². The quantitative estimate of drug-likeness (QED) is 0.875. The van der Waals surface area contributed by atoms with Gasteiger partial charge in [0.2, 0.25) is 0 Å². The second-order valence-corrected chi connectivity index (χ2v) is 10.6. The molecule has 0 unspecified atom stereocenters. The normalized spacial score (nSPS) is 16.5. The van der Waals surface area contributed by atoms with Gasteiger partial charge >= 0.3 is 0 Å². The number of anilines is 1. The third-order valence-electron chi connectivity index (χ3n) is 3.94. The van der Waals surface area contributed by atoms with E-state index in [1.165, 1.54) is 30.3 Å². The summed E-state index contributed by atoms with van der Waals surface area (Å²) in [6.45, 7) is 0. The first-order chi connectivity index (χ1) is 10.9. The van der Waals surface area contributed by atoms with Crippen molar-refractivity contribution < 1.29 is 16.8 Å². The molecule has 0 bridgehead atoms. The van der Waals surface area contributed by atoms with E-state index in [2.05, 4.69) is 4.72 Å². The fourth-order valence-corrected chi connectivity index (χ4v) is 6.63. The minimum absolute atomic E-state index is 0.222. The largest absolute Gasteiger partial charge is 0.279 e. The SMILES string of the molecule is O=S(=O)(Nc1ccc(S(=O)(=O)C2CCCC2)cc1)c1cccs1. The lowest BCUT2D eigenvalue weighted by molar-refractivity contribution is 0.579. The number of nitrogens with one attached hydrogen (secondary N) is 1. The van der Waals surface area contributed by atoms with E-state index in [4.69, 9.17) is 0 Å². The van der Waals surface area contributed by atoms with Gasteiger partial charge in [0.15, 0.2) is 9.84 Å². The van der Waals surface area contributed by atoms with Gasteiger partial charge in [-0.05, 0) is 48.6 Å². The highest BCUT2D eigenvalue weighted by Crippen LogP contribution is 2.30. The summed E-state index contributed by atoms with van der Waals surface area (Å²) in [5, 5.41) is 1.38. The fourth-order valence-electron chi connectivity index (χ4n) is 2.73. The lowest BCUT2D eigenvalue weighted by Gasteiger charge is -2.12. The van der Waals surface area contributed by atoms with Crippen molar-refractivity contribution >= 4 is 36.9 Å². The van der Waals surface area contributed by atoms with E-state index in [1.54, 1.807) is 11.4 Å². The summed E-state index contributed by atoms with van der Waals surface area (Å²) in [6.07, 6.45) is 3.30. The summed E-state index contributed by atoms with van der Waals surface area (Å²) in [5.41, 5.74) is 0.351. The first kappa shape index (κ1) is 16.5. The summed E-state index contributed by atoms with van der Waals surface area (Å²) < 4.78 is 51.9. The van der Waals surface area contributed by atoms with E-state index in [-0.39, 0.29) is 14.4 Å². The van der Waals surface area contributed by atoms with Gasteiger partial charge in [-0.15, -0.1) is 11.3 Å². The van der Waals surface area contributed by atoms with Gasteiger partial charge in [0.25, 0.3) is 10.0 Å². The average molecular weight is 372 g/mol. The number of sulfone groups is 1. The van der Waals surface area contributed by atoms with Crippen LogP contribution in [0.2, 0.25) is 0 Å². The predicted molar refractivity (Wildman–Crippen MR) is 91.0 cm³/mol. The number of rotatable bonds is 5. The zero-order valence-corrected chi connectivity index (χ0v) is 14.8. The number of benzene rings is 1. The molecule has 1 aromatic carbocycles. The molecular formula is C15H17NO4S3. The van der Waals surface area contributed by atoms with Crippen LogP contribution in [-0.4, -0.2) is 22.1 Å². The highest BCUT2D eigenvalue weighted by molar-refractivity contribution is 7.94. The Balaban J connectivity index is 1.80. The van der Waals surface area contributed by atoms with Gasteiger partial charge in [-0.2, -0.15) is 0 Å². The van der Waals surface area contributed by atoms with Crippen LogP contribution in [0.3, 0.4) is 0 Å². The van der Waals surface area contributed by atoms with Crippen LogP contribution < -0.4 is 4.72 Å². The first-order valence-corrected chi connectivity index (χ1v) is 11.2. The third-order valence-corrected chi connectivity index (χ3v) is 8.99. The molecule has 124 valence electrons. The molecule has 1 N–H and O–H groups in total. The van der Waals surface area contributed by atoms with Crippen molar-refractivity contribution in [3.05, 3.63) is 41.8 Å². The molecule has 23 heavy (non-hydrogen) atoms. The molecule has 1 aliphatic carbocycles. The molecule has 0 saturated heterocycles. The zero-order chi connectivity index (χ0) is 16.5. The van der Waals surface area contributed by atoms with E-state index in [0.29, 0.717) is 18.5 Å². The van der Waals surface area contributed by atoms with Crippen molar-refractivity contribution in [2.45, 2.75) is 40.0 Å². The maximum atomic E-state index is 12.5. The molecule has 0 amide bonds. The molecule has 0 atom stereocenters. The van der Waals surface area contributed by atoms with Crippen LogP contribution in [0.15, 0.2) is 50.9 Å². The van der Waals surface area contributed by atoms with Gasteiger partial charge in [-0.3, -0.25) is 4.72 Å². The molecule has 0 aliphatic heterocycles. The Labute approximate surface area is 140 Å². The van der Waals surface area contributed by atoms with Crippen LogP contribution in [0.5, 0.6) is 0 Å². The molecule has 1 aromatic heterocycles. The van der Waals surface area contributed by atoms with Crippen molar-refractivity contribution in [3.63, 3.8) is 0 Å². The predicted octanol–water partition coefficient (Wildman–Crippen LogP) is 3.27. The van der Waals surface area contributed by atoms with Crippen LogP contribution in [0, 0.1) is 0 Å². The Morgan fingerprint density at radius 1 is 0.957 bits per heavy atom. The second-order valence-electron chi connectivity index (χ2n) is 5.51. The molecule has 2 aromatic rings.